The summed E-state index contributed by atoms with van der Waals surface area (Å²) in [4.78, 5) is 1.06. The van der Waals surface area contributed by atoms with Gasteiger partial charge in [-0.2, -0.15) is 5.26 Å². The van der Waals surface area contributed by atoms with Gasteiger partial charge in [0, 0.05) is 38.8 Å². The number of rotatable bonds is 7. The molecule has 0 amide bonds. The van der Waals surface area contributed by atoms with Crippen LogP contribution in [0.4, 0.5) is 8.78 Å². The first-order chi connectivity index (χ1) is 15.4. The molecule has 6 heteroatoms. The van der Waals surface area contributed by atoms with E-state index < -0.39 is 0 Å². The molecule has 0 spiro atoms. The van der Waals surface area contributed by atoms with E-state index in [2.05, 4.69) is 24.0 Å². The van der Waals surface area contributed by atoms with Gasteiger partial charge in [-0.05, 0) is 64.5 Å². The van der Waals surface area contributed by atoms with E-state index in [0.717, 1.165) is 31.7 Å². The normalized spacial score (nSPS) is 10.8. The smallest absolute Gasteiger partial charge is 0.124 e. The molecule has 160 valence electrons. The first kappa shape index (κ1) is 22.0. The summed E-state index contributed by atoms with van der Waals surface area (Å²) in [6.07, 6.45) is 0.902. The van der Waals surface area contributed by atoms with Gasteiger partial charge in [-0.3, -0.25) is 0 Å². The van der Waals surface area contributed by atoms with Crippen molar-refractivity contribution in [1.29, 1.82) is 5.26 Å². The van der Waals surface area contributed by atoms with Crippen LogP contribution in [-0.2, 0) is 6.42 Å². The van der Waals surface area contributed by atoms with Gasteiger partial charge in [0.1, 0.15) is 11.6 Å². The number of fused-ring (bicyclic) bond motifs is 1. The summed E-state index contributed by atoms with van der Waals surface area (Å²) in [6, 6.07) is 19.4. The highest BCUT2D eigenvalue weighted by atomic mass is 35.5. The Kier molecular flexibility index (Phi) is 6.55. The maximum absolute atomic E-state index is 14.5. The molecule has 0 atom stereocenters. The number of halogens is 3. The molecule has 0 aliphatic rings. The fourth-order valence-electron chi connectivity index (χ4n) is 3.64. The highest BCUT2D eigenvalue weighted by Gasteiger charge is 2.12. The van der Waals surface area contributed by atoms with Gasteiger partial charge in [0.15, 0.2) is 0 Å². The van der Waals surface area contributed by atoms with Crippen LogP contribution in [0.25, 0.3) is 26.9 Å². The predicted octanol–water partition coefficient (Wildman–Crippen LogP) is 7.56. The number of hydrogen-bond acceptors (Lipinski definition) is 3. The summed E-state index contributed by atoms with van der Waals surface area (Å²) in [6.45, 7) is 4.43. The van der Waals surface area contributed by atoms with Crippen molar-refractivity contribution in [3.8, 4) is 17.2 Å². The Morgan fingerprint density at radius 3 is 2.66 bits per heavy atom. The maximum atomic E-state index is 14.5. The zero-order valence-corrected chi connectivity index (χ0v) is 18.7. The van der Waals surface area contributed by atoms with Gasteiger partial charge in [-0.15, -0.1) is 11.3 Å². The average Bonchev–Trinajstić information content (AvgIpc) is 3.15. The van der Waals surface area contributed by atoms with Gasteiger partial charge in [-0.25, -0.2) is 8.78 Å². The minimum atomic E-state index is -0.357. The number of nitrogens with zero attached hydrogens (tertiary/aromatic N) is 1. The number of nitrogens with one attached hydrogen (secondary N) is 1. The highest BCUT2D eigenvalue weighted by Crippen LogP contribution is 2.37. The Hall–Kier alpha value is -3.20. The third-order valence-corrected chi connectivity index (χ3v) is 6.43. The first-order valence-corrected chi connectivity index (χ1v) is 11.2. The van der Waals surface area contributed by atoms with Crippen molar-refractivity contribution in [3.63, 3.8) is 0 Å². The van der Waals surface area contributed by atoms with Crippen molar-refractivity contribution < 1.29 is 8.78 Å². The van der Waals surface area contributed by atoms with E-state index in [1.54, 1.807) is 17.4 Å². The van der Waals surface area contributed by atoms with Crippen LogP contribution in [0.5, 0.6) is 0 Å². The molecule has 4 aromatic rings. The highest BCUT2D eigenvalue weighted by molar-refractivity contribution is 7.19. The fourth-order valence-corrected chi connectivity index (χ4v) is 5.11. The summed E-state index contributed by atoms with van der Waals surface area (Å²) >= 11 is 7.60. The van der Waals surface area contributed by atoms with E-state index in [0.29, 0.717) is 35.7 Å². The first-order valence-electron chi connectivity index (χ1n) is 10.0. The molecule has 0 radical (unpaired) electrons. The molecular formula is C26H19ClF2N2S. The van der Waals surface area contributed by atoms with E-state index in [-0.39, 0.29) is 11.6 Å². The second kappa shape index (κ2) is 9.52. The van der Waals surface area contributed by atoms with Crippen LogP contribution in [0.15, 0.2) is 67.2 Å². The van der Waals surface area contributed by atoms with Gasteiger partial charge >= 0.3 is 0 Å². The Morgan fingerprint density at radius 1 is 1.06 bits per heavy atom. The molecule has 0 saturated heterocycles. The zero-order valence-electron chi connectivity index (χ0n) is 17.1. The van der Waals surface area contributed by atoms with Crippen LogP contribution < -0.4 is 5.32 Å². The second-order valence-electron chi connectivity index (χ2n) is 7.43. The molecule has 4 rings (SSSR count). The molecule has 0 fully saturated rings. The molecule has 1 aromatic heterocycles. The Bertz CT molecular complexity index is 1330. The lowest BCUT2D eigenvalue weighted by molar-refractivity contribution is 0.626. The van der Waals surface area contributed by atoms with E-state index in [1.807, 2.05) is 24.3 Å². The molecule has 0 aliphatic heterocycles. The molecule has 0 saturated carbocycles. The molecule has 1 N–H and O–H groups in total. The van der Waals surface area contributed by atoms with Crippen molar-refractivity contribution in [3.05, 3.63) is 99.9 Å². The largest absolute Gasteiger partial charge is 0.384 e. The third-order valence-electron chi connectivity index (χ3n) is 5.03. The van der Waals surface area contributed by atoms with Crippen LogP contribution in [0.2, 0.25) is 5.02 Å². The number of thiophene rings is 1. The lowest BCUT2D eigenvalue weighted by Gasteiger charge is -2.11. The molecule has 2 nitrogen and oxygen atoms in total. The SMILES string of the molecule is C=C(NCCC#N)c1cc(F)cc(-c2cccc3cc(Cc4cc(F)cc(Cl)c4)sc23)c1. The second-order valence-corrected chi connectivity index (χ2v) is 9.01. The zero-order chi connectivity index (χ0) is 22.7. The van der Waals surface area contributed by atoms with Gasteiger partial charge in [0.05, 0.1) is 12.5 Å². The van der Waals surface area contributed by atoms with Gasteiger partial charge in [0.25, 0.3) is 0 Å². The van der Waals surface area contributed by atoms with Crippen molar-refractivity contribution in [2.45, 2.75) is 12.8 Å². The van der Waals surface area contributed by atoms with Gasteiger partial charge in [0.2, 0.25) is 0 Å². The third kappa shape index (κ3) is 4.99. The Labute approximate surface area is 194 Å². The van der Waals surface area contributed by atoms with Gasteiger partial charge in [-0.1, -0.05) is 36.4 Å². The summed E-state index contributed by atoms with van der Waals surface area (Å²) in [5, 5.41) is 13.2. The van der Waals surface area contributed by atoms with Gasteiger partial charge < -0.3 is 5.32 Å². The molecule has 0 bridgehead atoms. The lowest BCUT2D eigenvalue weighted by atomic mass is 10.0. The molecule has 0 aliphatic carbocycles. The lowest BCUT2D eigenvalue weighted by Crippen LogP contribution is -2.12. The molecular weight excluding hydrogens is 446 g/mol. The van der Waals surface area contributed by atoms with E-state index in [4.69, 9.17) is 16.9 Å². The van der Waals surface area contributed by atoms with Crippen LogP contribution in [0.3, 0.4) is 0 Å². The van der Waals surface area contributed by atoms with Crippen molar-refractivity contribution in [1.82, 2.24) is 5.32 Å². The van der Waals surface area contributed by atoms with Crippen LogP contribution >= 0.6 is 22.9 Å². The minimum absolute atomic E-state index is 0.342. The topological polar surface area (TPSA) is 35.8 Å². The number of nitriles is 1. The quantitative estimate of drug-likeness (QED) is 0.286. The number of benzene rings is 3. The summed E-state index contributed by atoms with van der Waals surface area (Å²) in [5.41, 5.74) is 3.68. The Morgan fingerprint density at radius 2 is 1.88 bits per heavy atom. The van der Waals surface area contributed by atoms with Crippen LogP contribution in [0, 0.1) is 23.0 Å². The maximum Gasteiger partial charge on any atom is 0.124 e. The standard InChI is InChI=1S/C26H19ClF2N2S/c1-16(31-7-3-6-30)19-11-20(13-23(29)12-19)25-5-2-4-18-14-24(32-26(18)25)10-17-8-21(27)15-22(28)9-17/h2,4-5,8-9,11-15,31H,1,3,7,10H2. The van der Waals surface area contributed by atoms with Crippen molar-refractivity contribution in [2.24, 2.45) is 0 Å². The number of hydrogen-bond donors (Lipinski definition) is 1. The average molecular weight is 465 g/mol. The predicted molar refractivity (Wildman–Crippen MR) is 129 cm³/mol. The van der Waals surface area contributed by atoms with E-state index >= 15 is 0 Å². The van der Waals surface area contributed by atoms with Crippen molar-refractivity contribution >= 4 is 38.7 Å². The Balaban J connectivity index is 1.69. The van der Waals surface area contributed by atoms with Crippen LogP contribution in [-0.4, -0.2) is 6.54 Å². The molecule has 3 aromatic carbocycles. The molecule has 0 unspecified atom stereocenters. The monoisotopic (exact) mass is 464 g/mol. The summed E-state index contributed by atoms with van der Waals surface area (Å²) < 4.78 is 29.2. The summed E-state index contributed by atoms with van der Waals surface area (Å²) in [7, 11) is 0. The molecule has 1 heterocycles. The van der Waals surface area contributed by atoms with Crippen LogP contribution in [0.1, 0.15) is 22.4 Å². The minimum Gasteiger partial charge on any atom is -0.384 e. The van der Waals surface area contributed by atoms with Crippen molar-refractivity contribution in [2.75, 3.05) is 6.54 Å². The fraction of sp³-hybridized carbons (Fsp3) is 0.115. The summed E-state index contributed by atoms with van der Waals surface area (Å²) in [5.74, 6) is -0.714. The molecule has 32 heavy (non-hydrogen) atoms. The van der Waals surface area contributed by atoms with E-state index in [1.165, 1.54) is 24.3 Å². The van der Waals surface area contributed by atoms with E-state index in [9.17, 15) is 8.78 Å².